The number of hydrogen-bond acceptors (Lipinski definition) is 2. The van der Waals surface area contributed by atoms with Gasteiger partial charge in [0, 0.05) is 10.2 Å². The number of carboxylic acid groups (broad SMARTS) is 1. The Morgan fingerprint density at radius 2 is 2.50 bits per heavy atom. The second-order valence-electron chi connectivity index (χ2n) is 1.70. The van der Waals surface area contributed by atoms with E-state index >= 15 is 0 Å². The Morgan fingerprint density at radius 3 is 2.90 bits per heavy atom. The van der Waals surface area contributed by atoms with E-state index in [-0.39, 0.29) is 0 Å². The smallest absolute Gasteiger partial charge is 0.336 e. The van der Waals surface area contributed by atoms with E-state index in [0.29, 0.717) is 10.9 Å². The van der Waals surface area contributed by atoms with E-state index in [9.17, 15) is 4.79 Å². The monoisotopic (exact) mass is 220 g/mol. The molecule has 0 saturated carbocycles. The molecule has 0 amide bonds. The van der Waals surface area contributed by atoms with Crippen LogP contribution in [0.3, 0.4) is 0 Å². The first-order chi connectivity index (χ1) is 4.75. The lowest BCUT2D eigenvalue weighted by Gasteiger charge is -1.90. The third-order valence-corrected chi connectivity index (χ3v) is 2.95. The van der Waals surface area contributed by atoms with Gasteiger partial charge >= 0.3 is 5.97 Å². The van der Waals surface area contributed by atoms with Gasteiger partial charge in [-0.2, -0.15) is 0 Å². The number of alkyl halides is 1. The fourth-order valence-electron chi connectivity index (χ4n) is 0.635. The lowest BCUT2D eigenvalue weighted by molar-refractivity contribution is 0.0697. The van der Waals surface area contributed by atoms with Crippen LogP contribution in [0.1, 0.15) is 15.2 Å². The predicted molar refractivity (Wildman–Crippen MR) is 43.9 cm³/mol. The Balaban J connectivity index is 3.01. The Hall–Kier alpha value is -0.350. The summed E-state index contributed by atoms with van der Waals surface area (Å²) < 4.78 is 0. The van der Waals surface area contributed by atoms with Crippen LogP contribution < -0.4 is 0 Å². The highest BCUT2D eigenvalue weighted by molar-refractivity contribution is 9.08. The minimum atomic E-state index is -0.851. The maximum atomic E-state index is 10.4. The number of halogens is 1. The molecule has 1 heterocycles. The summed E-state index contributed by atoms with van der Waals surface area (Å²) in [7, 11) is 0. The summed E-state index contributed by atoms with van der Waals surface area (Å²) in [5.74, 6) is -0.851. The van der Waals surface area contributed by atoms with Gasteiger partial charge in [-0.15, -0.1) is 11.3 Å². The van der Waals surface area contributed by atoms with Gasteiger partial charge in [0.1, 0.15) is 0 Å². The van der Waals surface area contributed by atoms with E-state index in [2.05, 4.69) is 15.9 Å². The van der Waals surface area contributed by atoms with Gasteiger partial charge < -0.3 is 5.11 Å². The highest BCUT2D eigenvalue weighted by atomic mass is 79.9. The lowest BCUT2D eigenvalue weighted by atomic mass is 10.3. The molecule has 0 unspecified atom stereocenters. The zero-order valence-electron chi connectivity index (χ0n) is 5.00. The molecule has 0 saturated heterocycles. The molecule has 1 aromatic rings. The van der Waals surface area contributed by atoms with Crippen molar-refractivity contribution in [1.29, 1.82) is 0 Å². The first kappa shape index (κ1) is 7.75. The van der Waals surface area contributed by atoms with Gasteiger partial charge in [0.25, 0.3) is 0 Å². The molecule has 0 bridgehead atoms. The maximum Gasteiger partial charge on any atom is 0.336 e. The number of aromatic carboxylic acids is 1. The normalized spacial score (nSPS) is 9.70. The second kappa shape index (κ2) is 3.16. The van der Waals surface area contributed by atoms with Crippen molar-refractivity contribution < 1.29 is 9.90 Å². The van der Waals surface area contributed by atoms with Gasteiger partial charge in [-0.25, -0.2) is 4.79 Å². The van der Waals surface area contributed by atoms with Crippen LogP contribution in [0.25, 0.3) is 0 Å². The molecule has 1 aromatic heterocycles. The van der Waals surface area contributed by atoms with Crippen LogP contribution in [0.4, 0.5) is 0 Å². The zero-order valence-corrected chi connectivity index (χ0v) is 7.41. The molecule has 2 nitrogen and oxygen atoms in total. The fourth-order valence-corrected chi connectivity index (χ4v) is 2.05. The summed E-state index contributed by atoms with van der Waals surface area (Å²) in [5, 5.41) is 11.0. The molecule has 1 N–H and O–H groups in total. The average Bonchev–Trinajstić information content (AvgIpc) is 2.33. The molecule has 0 spiro atoms. The highest BCUT2D eigenvalue weighted by Gasteiger charge is 2.08. The molecule has 0 radical (unpaired) electrons. The molecule has 10 heavy (non-hydrogen) atoms. The Labute approximate surface area is 70.6 Å². The minimum Gasteiger partial charge on any atom is -0.478 e. The lowest BCUT2D eigenvalue weighted by Crippen LogP contribution is -1.95. The molecule has 0 fully saturated rings. The summed E-state index contributed by atoms with van der Waals surface area (Å²) in [6, 6.07) is 1.61. The second-order valence-corrected chi connectivity index (χ2v) is 3.26. The summed E-state index contributed by atoms with van der Waals surface area (Å²) in [4.78, 5) is 11.3. The van der Waals surface area contributed by atoms with Gasteiger partial charge in [0.05, 0.1) is 5.56 Å². The molecule has 4 heteroatoms. The van der Waals surface area contributed by atoms with E-state index in [0.717, 1.165) is 4.88 Å². The van der Waals surface area contributed by atoms with E-state index in [1.807, 2.05) is 0 Å². The standard InChI is InChI=1S/C6H5BrO2S/c7-3-5-4(6(8)9)1-2-10-5/h1-2H,3H2,(H,8,9). The van der Waals surface area contributed by atoms with Crippen molar-refractivity contribution in [2.75, 3.05) is 0 Å². The molecule has 0 aliphatic heterocycles. The quantitative estimate of drug-likeness (QED) is 0.778. The molecule has 54 valence electrons. The summed E-state index contributed by atoms with van der Waals surface area (Å²) in [6.45, 7) is 0. The van der Waals surface area contributed by atoms with Crippen LogP contribution >= 0.6 is 27.3 Å². The van der Waals surface area contributed by atoms with Crippen LogP contribution in [0, 0.1) is 0 Å². The van der Waals surface area contributed by atoms with Crippen molar-refractivity contribution in [3.05, 3.63) is 21.9 Å². The first-order valence-electron chi connectivity index (χ1n) is 2.61. The van der Waals surface area contributed by atoms with Crippen molar-refractivity contribution in [2.24, 2.45) is 0 Å². The maximum absolute atomic E-state index is 10.4. The van der Waals surface area contributed by atoms with E-state index in [1.54, 1.807) is 11.4 Å². The third kappa shape index (κ3) is 1.38. The summed E-state index contributed by atoms with van der Waals surface area (Å²) in [5.41, 5.74) is 0.405. The molecular formula is C6H5BrO2S. The highest BCUT2D eigenvalue weighted by Crippen LogP contribution is 2.19. The summed E-state index contributed by atoms with van der Waals surface area (Å²) >= 11 is 4.65. The average molecular weight is 221 g/mol. The van der Waals surface area contributed by atoms with E-state index in [1.165, 1.54) is 11.3 Å². The van der Waals surface area contributed by atoms with Crippen LogP contribution in [0.5, 0.6) is 0 Å². The van der Waals surface area contributed by atoms with Crippen molar-refractivity contribution >= 4 is 33.2 Å². The minimum absolute atomic E-state index is 0.405. The van der Waals surface area contributed by atoms with Gasteiger partial charge in [-0.1, -0.05) is 15.9 Å². The Morgan fingerprint density at radius 1 is 1.80 bits per heavy atom. The van der Waals surface area contributed by atoms with Crippen LogP contribution in [0.2, 0.25) is 0 Å². The number of hydrogen-bond donors (Lipinski definition) is 1. The Kier molecular flexibility index (Phi) is 2.45. The molecule has 0 aliphatic carbocycles. The fraction of sp³-hybridized carbons (Fsp3) is 0.167. The predicted octanol–water partition coefficient (Wildman–Crippen LogP) is 2.34. The largest absolute Gasteiger partial charge is 0.478 e. The SMILES string of the molecule is O=C(O)c1ccsc1CBr. The van der Waals surface area contributed by atoms with E-state index < -0.39 is 5.97 Å². The Bertz CT molecular complexity index is 244. The molecule has 1 rings (SSSR count). The van der Waals surface area contributed by atoms with Crippen molar-refractivity contribution in [3.63, 3.8) is 0 Å². The van der Waals surface area contributed by atoms with Crippen molar-refractivity contribution in [2.45, 2.75) is 5.33 Å². The van der Waals surface area contributed by atoms with Crippen molar-refractivity contribution in [1.82, 2.24) is 0 Å². The molecule has 0 aromatic carbocycles. The number of rotatable bonds is 2. The van der Waals surface area contributed by atoms with Crippen LogP contribution in [-0.4, -0.2) is 11.1 Å². The zero-order chi connectivity index (χ0) is 7.56. The van der Waals surface area contributed by atoms with Crippen LogP contribution in [0.15, 0.2) is 11.4 Å². The first-order valence-corrected chi connectivity index (χ1v) is 4.61. The van der Waals surface area contributed by atoms with Gasteiger partial charge in [0.15, 0.2) is 0 Å². The number of carbonyl (C=O) groups is 1. The van der Waals surface area contributed by atoms with Gasteiger partial charge in [-0.05, 0) is 11.4 Å². The molecule has 0 atom stereocenters. The summed E-state index contributed by atoms with van der Waals surface area (Å²) in [6.07, 6.45) is 0. The molecular weight excluding hydrogens is 216 g/mol. The third-order valence-electron chi connectivity index (χ3n) is 1.10. The number of carboxylic acids is 1. The topological polar surface area (TPSA) is 37.3 Å². The van der Waals surface area contributed by atoms with Gasteiger partial charge in [0.2, 0.25) is 0 Å². The molecule has 0 aliphatic rings. The van der Waals surface area contributed by atoms with Crippen molar-refractivity contribution in [3.8, 4) is 0 Å². The van der Waals surface area contributed by atoms with Gasteiger partial charge in [-0.3, -0.25) is 0 Å². The van der Waals surface area contributed by atoms with E-state index in [4.69, 9.17) is 5.11 Å². The number of thiophene rings is 1. The van der Waals surface area contributed by atoms with Crippen LogP contribution in [-0.2, 0) is 5.33 Å².